The highest BCUT2D eigenvalue weighted by molar-refractivity contribution is 6.05. The molecule has 0 N–H and O–H groups in total. The average Bonchev–Trinajstić information content (AvgIpc) is 3.07. The monoisotopic (exact) mass is 366 g/mol. The Morgan fingerprint density at radius 3 is 2.30 bits per heavy atom. The molecule has 0 aromatic heterocycles. The van der Waals surface area contributed by atoms with E-state index in [9.17, 15) is 9.59 Å². The van der Waals surface area contributed by atoms with Crippen molar-refractivity contribution in [2.24, 2.45) is 0 Å². The average molecular weight is 366 g/mol. The fourth-order valence-corrected chi connectivity index (χ4v) is 2.63. The lowest BCUT2D eigenvalue weighted by molar-refractivity contribution is -0.130. The van der Waals surface area contributed by atoms with Gasteiger partial charge in [-0.25, -0.2) is 9.59 Å². The molecule has 0 bridgehead atoms. The van der Waals surface area contributed by atoms with Gasteiger partial charge in [0.05, 0.1) is 32.5 Å². The first-order valence-electron chi connectivity index (χ1n) is 8.12. The number of cyclic esters (lactones) is 1. The summed E-state index contributed by atoms with van der Waals surface area (Å²) in [6.07, 6.45) is 3.36. The van der Waals surface area contributed by atoms with Gasteiger partial charge < -0.3 is 18.9 Å². The summed E-state index contributed by atoms with van der Waals surface area (Å²) in [5.41, 5.74) is 2.31. The quantitative estimate of drug-likeness (QED) is 0.596. The van der Waals surface area contributed by atoms with Crippen molar-refractivity contribution in [3.05, 3.63) is 70.8 Å². The molecule has 6 heteroatoms. The smallest absolute Gasteiger partial charge is 0.343 e. The highest BCUT2D eigenvalue weighted by Crippen LogP contribution is 2.34. The van der Waals surface area contributed by atoms with Gasteiger partial charge in [0.15, 0.2) is 11.5 Å². The SMILES string of the molecule is COC(=O)c1ccc(/C=C2\C=C(c3ccc(OC)c(OC)c3)OC2=O)cc1. The first-order chi connectivity index (χ1) is 13.0. The van der Waals surface area contributed by atoms with Crippen LogP contribution in [0.1, 0.15) is 21.5 Å². The third-order valence-corrected chi connectivity index (χ3v) is 4.05. The molecule has 0 saturated carbocycles. The molecular formula is C21H18O6. The van der Waals surface area contributed by atoms with Crippen LogP contribution in [0.15, 0.2) is 54.1 Å². The van der Waals surface area contributed by atoms with Gasteiger partial charge in [0, 0.05) is 5.56 Å². The summed E-state index contributed by atoms with van der Waals surface area (Å²) in [6, 6.07) is 12.0. The molecule has 27 heavy (non-hydrogen) atoms. The van der Waals surface area contributed by atoms with Gasteiger partial charge in [0.1, 0.15) is 5.76 Å². The number of rotatable bonds is 5. The molecule has 0 spiro atoms. The van der Waals surface area contributed by atoms with E-state index in [2.05, 4.69) is 4.74 Å². The molecule has 1 aliphatic rings. The minimum absolute atomic E-state index is 0.408. The van der Waals surface area contributed by atoms with Crippen LogP contribution in [0.3, 0.4) is 0 Å². The van der Waals surface area contributed by atoms with E-state index in [1.807, 2.05) is 0 Å². The zero-order valence-corrected chi connectivity index (χ0v) is 15.1. The Labute approximate surface area is 156 Å². The van der Waals surface area contributed by atoms with Crippen molar-refractivity contribution in [3.8, 4) is 11.5 Å². The van der Waals surface area contributed by atoms with Crippen molar-refractivity contribution in [2.75, 3.05) is 21.3 Å². The van der Waals surface area contributed by atoms with Gasteiger partial charge in [-0.1, -0.05) is 12.1 Å². The van der Waals surface area contributed by atoms with E-state index in [4.69, 9.17) is 14.2 Å². The van der Waals surface area contributed by atoms with Crippen LogP contribution in [-0.2, 0) is 14.3 Å². The number of ether oxygens (including phenoxy) is 4. The highest BCUT2D eigenvalue weighted by Gasteiger charge is 2.23. The molecule has 0 atom stereocenters. The van der Waals surface area contributed by atoms with Crippen LogP contribution in [0.2, 0.25) is 0 Å². The number of hydrogen-bond donors (Lipinski definition) is 0. The lowest BCUT2D eigenvalue weighted by Gasteiger charge is -2.09. The summed E-state index contributed by atoms with van der Waals surface area (Å²) >= 11 is 0. The van der Waals surface area contributed by atoms with Gasteiger partial charge in [-0.15, -0.1) is 0 Å². The van der Waals surface area contributed by atoms with Crippen molar-refractivity contribution < 1.29 is 28.5 Å². The van der Waals surface area contributed by atoms with Crippen molar-refractivity contribution in [2.45, 2.75) is 0 Å². The second-order valence-corrected chi connectivity index (χ2v) is 5.68. The number of hydrogen-bond acceptors (Lipinski definition) is 6. The van der Waals surface area contributed by atoms with Crippen LogP contribution in [0, 0.1) is 0 Å². The summed E-state index contributed by atoms with van der Waals surface area (Å²) in [5.74, 6) is 0.704. The van der Waals surface area contributed by atoms with Crippen LogP contribution in [0.4, 0.5) is 0 Å². The van der Waals surface area contributed by atoms with Gasteiger partial charge in [0.25, 0.3) is 0 Å². The molecule has 1 heterocycles. The third-order valence-electron chi connectivity index (χ3n) is 4.05. The minimum Gasteiger partial charge on any atom is -0.493 e. The van der Waals surface area contributed by atoms with Gasteiger partial charge >= 0.3 is 11.9 Å². The highest BCUT2D eigenvalue weighted by atomic mass is 16.5. The van der Waals surface area contributed by atoms with Gasteiger partial charge in [-0.05, 0) is 48.0 Å². The topological polar surface area (TPSA) is 71.1 Å². The number of carbonyl (C=O) groups excluding carboxylic acids is 2. The molecule has 2 aromatic carbocycles. The molecule has 2 aromatic rings. The Kier molecular flexibility index (Phi) is 5.26. The first-order valence-corrected chi connectivity index (χ1v) is 8.12. The molecule has 0 radical (unpaired) electrons. The predicted octanol–water partition coefficient (Wildman–Crippen LogP) is 3.47. The van der Waals surface area contributed by atoms with E-state index in [1.165, 1.54) is 7.11 Å². The second kappa shape index (κ2) is 7.78. The number of esters is 2. The molecule has 3 rings (SSSR count). The molecular weight excluding hydrogens is 348 g/mol. The number of carbonyl (C=O) groups is 2. The van der Waals surface area contributed by atoms with Gasteiger partial charge in [-0.2, -0.15) is 0 Å². The van der Waals surface area contributed by atoms with Crippen molar-refractivity contribution in [1.29, 1.82) is 0 Å². The Morgan fingerprint density at radius 2 is 1.67 bits per heavy atom. The van der Waals surface area contributed by atoms with Crippen LogP contribution >= 0.6 is 0 Å². The van der Waals surface area contributed by atoms with Crippen molar-refractivity contribution in [3.63, 3.8) is 0 Å². The summed E-state index contributed by atoms with van der Waals surface area (Å²) in [7, 11) is 4.42. The predicted molar refractivity (Wildman–Crippen MR) is 99.4 cm³/mol. The van der Waals surface area contributed by atoms with E-state index in [0.717, 1.165) is 5.56 Å². The summed E-state index contributed by atoms with van der Waals surface area (Å²) in [6.45, 7) is 0. The summed E-state index contributed by atoms with van der Waals surface area (Å²) < 4.78 is 20.5. The van der Waals surface area contributed by atoms with E-state index in [0.29, 0.717) is 34.0 Å². The lowest BCUT2D eigenvalue weighted by atomic mass is 10.1. The fraction of sp³-hybridized carbons (Fsp3) is 0.143. The molecule has 0 amide bonds. The summed E-state index contributed by atoms with van der Waals surface area (Å²) in [5, 5.41) is 0. The second-order valence-electron chi connectivity index (χ2n) is 5.68. The Balaban J connectivity index is 1.88. The van der Waals surface area contributed by atoms with Crippen LogP contribution in [0.5, 0.6) is 11.5 Å². The number of methoxy groups -OCH3 is 3. The molecule has 138 valence electrons. The molecule has 1 aliphatic heterocycles. The van der Waals surface area contributed by atoms with E-state index < -0.39 is 11.9 Å². The molecule has 0 unspecified atom stereocenters. The zero-order valence-electron chi connectivity index (χ0n) is 15.1. The lowest BCUT2D eigenvalue weighted by Crippen LogP contribution is -2.00. The van der Waals surface area contributed by atoms with Crippen LogP contribution < -0.4 is 9.47 Å². The Hall–Kier alpha value is -3.54. The molecule has 0 saturated heterocycles. The molecule has 6 nitrogen and oxygen atoms in total. The fourth-order valence-electron chi connectivity index (χ4n) is 2.63. The molecule has 0 fully saturated rings. The van der Waals surface area contributed by atoms with E-state index in [1.54, 1.807) is 68.8 Å². The largest absolute Gasteiger partial charge is 0.493 e. The van der Waals surface area contributed by atoms with E-state index >= 15 is 0 Å². The number of benzene rings is 2. The van der Waals surface area contributed by atoms with E-state index in [-0.39, 0.29) is 0 Å². The maximum atomic E-state index is 12.2. The van der Waals surface area contributed by atoms with Crippen molar-refractivity contribution >= 4 is 23.8 Å². The van der Waals surface area contributed by atoms with Gasteiger partial charge in [0.2, 0.25) is 0 Å². The summed E-state index contributed by atoms with van der Waals surface area (Å²) in [4.78, 5) is 23.7. The maximum absolute atomic E-state index is 12.2. The Bertz CT molecular complexity index is 938. The van der Waals surface area contributed by atoms with Crippen LogP contribution in [-0.4, -0.2) is 33.3 Å². The zero-order chi connectivity index (χ0) is 19.4. The maximum Gasteiger partial charge on any atom is 0.343 e. The Morgan fingerprint density at radius 1 is 0.963 bits per heavy atom. The van der Waals surface area contributed by atoms with Gasteiger partial charge in [-0.3, -0.25) is 0 Å². The molecule has 0 aliphatic carbocycles. The normalized spacial score (nSPS) is 14.6. The first kappa shape index (κ1) is 18.3. The minimum atomic E-state index is -0.447. The van der Waals surface area contributed by atoms with Crippen molar-refractivity contribution in [1.82, 2.24) is 0 Å². The van der Waals surface area contributed by atoms with Crippen LogP contribution in [0.25, 0.3) is 11.8 Å². The third kappa shape index (κ3) is 3.84. The standard InChI is InChI=1S/C21H18O6/c1-24-17-9-8-15(11-19(17)25-2)18-12-16(21(23)27-18)10-13-4-6-14(7-5-13)20(22)26-3/h4-12H,1-3H3/b16-10+.